The lowest BCUT2D eigenvalue weighted by atomic mass is 9.80. The van der Waals surface area contributed by atoms with Gasteiger partial charge in [-0.25, -0.2) is 0 Å². The summed E-state index contributed by atoms with van der Waals surface area (Å²) in [5.41, 5.74) is 0. The van der Waals surface area contributed by atoms with E-state index >= 15 is 0 Å². The Morgan fingerprint density at radius 2 is 1.71 bits per heavy atom. The minimum absolute atomic E-state index is 0.465. The molecule has 1 aliphatic heterocycles. The van der Waals surface area contributed by atoms with Crippen LogP contribution in [-0.4, -0.2) is 17.5 Å². The van der Waals surface area contributed by atoms with E-state index in [1.807, 2.05) is 0 Å². The zero-order valence-corrected chi connectivity index (χ0v) is 9.89. The lowest BCUT2D eigenvalue weighted by Crippen LogP contribution is -2.45. The molecule has 1 saturated heterocycles. The van der Waals surface area contributed by atoms with Gasteiger partial charge in [0.2, 0.25) is 0 Å². The van der Waals surface area contributed by atoms with Gasteiger partial charge in [0, 0.05) is 17.5 Å². The maximum Gasteiger partial charge on any atom is 0.0336 e. The summed E-state index contributed by atoms with van der Waals surface area (Å²) in [7, 11) is 0. The minimum atomic E-state index is 0.465. The van der Waals surface area contributed by atoms with Crippen LogP contribution in [-0.2, 0) is 0 Å². The van der Waals surface area contributed by atoms with Crippen molar-refractivity contribution in [2.24, 2.45) is 5.92 Å². The lowest BCUT2D eigenvalue weighted by molar-refractivity contribution is 0.212. The molecule has 0 bridgehead atoms. The topological polar surface area (TPSA) is 12.0 Å². The monoisotopic (exact) mass is 215 g/mol. The average Bonchev–Trinajstić information content (AvgIpc) is 2.19. The van der Waals surface area contributed by atoms with Crippen LogP contribution in [0.25, 0.3) is 0 Å². The highest BCUT2D eigenvalue weighted by Crippen LogP contribution is 2.32. The van der Waals surface area contributed by atoms with Crippen molar-refractivity contribution in [2.75, 3.05) is 0 Å². The molecule has 14 heavy (non-hydrogen) atoms. The van der Waals surface area contributed by atoms with Crippen LogP contribution in [0.15, 0.2) is 0 Å². The summed E-state index contributed by atoms with van der Waals surface area (Å²) in [5, 5.41) is 4.22. The molecule has 0 radical (unpaired) electrons. The first kappa shape index (κ1) is 10.8. The highest BCUT2D eigenvalue weighted by Gasteiger charge is 2.29. The van der Waals surface area contributed by atoms with Crippen molar-refractivity contribution in [3.63, 3.8) is 0 Å². The molecule has 2 aliphatic rings. The number of hydrogen-bond acceptors (Lipinski definition) is 1. The number of rotatable bonds is 1. The first-order valence-corrected chi connectivity index (χ1v) is 6.59. The highest BCUT2D eigenvalue weighted by atomic mass is 35.5. The fourth-order valence-corrected chi connectivity index (χ4v) is 3.28. The summed E-state index contributed by atoms with van der Waals surface area (Å²) >= 11 is 6.13. The van der Waals surface area contributed by atoms with Crippen LogP contribution in [0.2, 0.25) is 0 Å². The molecule has 1 saturated carbocycles. The van der Waals surface area contributed by atoms with Crippen molar-refractivity contribution in [3.05, 3.63) is 0 Å². The van der Waals surface area contributed by atoms with Crippen LogP contribution < -0.4 is 5.32 Å². The zero-order valence-electron chi connectivity index (χ0n) is 9.14. The predicted octanol–water partition coefficient (Wildman–Crippen LogP) is 3.31. The van der Waals surface area contributed by atoms with Gasteiger partial charge in [-0.2, -0.15) is 0 Å². The van der Waals surface area contributed by atoms with Gasteiger partial charge in [0.1, 0.15) is 0 Å². The van der Waals surface area contributed by atoms with Crippen molar-refractivity contribution in [1.82, 2.24) is 5.32 Å². The van der Waals surface area contributed by atoms with Gasteiger partial charge in [-0.1, -0.05) is 6.42 Å². The summed E-state index contributed by atoms with van der Waals surface area (Å²) in [6, 6.07) is 1.53. The number of alkyl halides is 1. The third-order valence-corrected chi connectivity index (χ3v) is 4.36. The zero-order chi connectivity index (χ0) is 9.97. The number of halogens is 1. The Morgan fingerprint density at radius 1 is 1.00 bits per heavy atom. The number of nitrogens with one attached hydrogen (secondary N) is 1. The molecular weight excluding hydrogens is 194 g/mol. The summed E-state index contributed by atoms with van der Waals surface area (Å²) in [6.07, 6.45) is 9.33. The predicted molar refractivity (Wildman–Crippen MR) is 61.8 cm³/mol. The van der Waals surface area contributed by atoms with E-state index in [1.165, 1.54) is 44.9 Å². The van der Waals surface area contributed by atoms with E-state index in [1.54, 1.807) is 0 Å². The van der Waals surface area contributed by atoms with Crippen molar-refractivity contribution >= 4 is 11.6 Å². The molecule has 1 heterocycles. The second-order valence-electron chi connectivity index (χ2n) is 5.12. The van der Waals surface area contributed by atoms with Crippen LogP contribution in [0.5, 0.6) is 0 Å². The van der Waals surface area contributed by atoms with Gasteiger partial charge in [-0.3, -0.25) is 0 Å². The van der Waals surface area contributed by atoms with E-state index in [-0.39, 0.29) is 0 Å². The number of hydrogen-bond donors (Lipinski definition) is 1. The van der Waals surface area contributed by atoms with Gasteiger partial charge in [0.05, 0.1) is 0 Å². The summed E-state index contributed by atoms with van der Waals surface area (Å²) in [5.74, 6) is 0.910. The van der Waals surface area contributed by atoms with Crippen molar-refractivity contribution in [2.45, 2.75) is 69.3 Å². The molecule has 2 heteroatoms. The van der Waals surface area contributed by atoms with E-state index in [4.69, 9.17) is 11.6 Å². The molecule has 0 aromatic heterocycles. The Hall–Kier alpha value is 0.250. The normalized spacial score (nSPS) is 45.0. The fourth-order valence-electron chi connectivity index (χ4n) is 3.03. The quantitative estimate of drug-likeness (QED) is 0.662. The fraction of sp³-hybridized carbons (Fsp3) is 1.00. The van der Waals surface area contributed by atoms with Crippen LogP contribution in [0.3, 0.4) is 0 Å². The molecular formula is C12H22ClN. The Morgan fingerprint density at radius 3 is 2.36 bits per heavy atom. The number of piperidine rings is 1. The van der Waals surface area contributed by atoms with Crippen LogP contribution in [0.1, 0.15) is 51.9 Å². The van der Waals surface area contributed by atoms with E-state index in [9.17, 15) is 0 Å². The maximum absolute atomic E-state index is 6.13. The van der Waals surface area contributed by atoms with Gasteiger partial charge in [0.15, 0.2) is 0 Å². The molecule has 0 spiro atoms. The lowest BCUT2D eigenvalue weighted by Gasteiger charge is -2.37. The Labute approximate surface area is 92.6 Å². The molecule has 2 fully saturated rings. The van der Waals surface area contributed by atoms with Crippen molar-refractivity contribution in [1.29, 1.82) is 0 Å². The summed E-state index contributed by atoms with van der Waals surface area (Å²) in [4.78, 5) is 0. The molecule has 2 rings (SSSR count). The molecule has 0 aromatic carbocycles. The van der Waals surface area contributed by atoms with Crippen LogP contribution >= 0.6 is 11.6 Å². The molecule has 0 amide bonds. The van der Waals surface area contributed by atoms with E-state index in [2.05, 4.69) is 12.2 Å². The average molecular weight is 216 g/mol. The smallest absolute Gasteiger partial charge is 0.0336 e. The summed E-state index contributed by atoms with van der Waals surface area (Å²) < 4.78 is 0. The van der Waals surface area contributed by atoms with E-state index in [0.717, 1.165) is 18.0 Å². The van der Waals surface area contributed by atoms with Gasteiger partial charge in [0.25, 0.3) is 0 Å². The largest absolute Gasteiger partial charge is 0.311 e. The molecule has 2 unspecified atom stereocenters. The molecule has 1 N–H and O–H groups in total. The first-order chi connectivity index (χ1) is 6.75. The molecule has 1 nitrogen and oxygen atoms in total. The Bertz CT molecular complexity index is 175. The third kappa shape index (κ3) is 2.64. The van der Waals surface area contributed by atoms with Gasteiger partial charge in [-0.05, 0) is 51.4 Å². The summed E-state index contributed by atoms with van der Waals surface area (Å²) in [6.45, 7) is 2.32. The van der Waals surface area contributed by atoms with Crippen LogP contribution in [0, 0.1) is 5.92 Å². The van der Waals surface area contributed by atoms with Gasteiger partial charge in [-0.15, -0.1) is 11.6 Å². The second-order valence-corrected chi connectivity index (χ2v) is 5.73. The SMILES string of the molecule is CC1CCCC(C2CCC(Cl)CC2)N1. The minimum Gasteiger partial charge on any atom is -0.311 e. The Kier molecular flexibility index (Phi) is 3.73. The second kappa shape index (κ2) is 4.85. The molecule has 82 valence electrons. The van der Waals surface area contributed by atoms with Crippen molar-refractivity contribution < 1.29 is 0 Å². The standard InChI is InChI=1S/C12H22ClN/c1-9-3-2-4-12(14-9)10-5-7-11(13)8-6-10/h9-12,14H,2-8H2,1H3. The Balaban J connectivity index is 1.82. The van der Waals surface area contributed by atoms with Gasteiger partial charge >= 0.3 is 0 Å². The molecule has 2 atom stereocenters. The van der Waals surface area contributed by atoms with E-state index in [0.29, 0.717) is 5.38 Å². The first-order valence-electron chi connectivity index (χ1n) is 6.16. The van der Waals surface area contributed by atoms with Gasteiger partial charge < -0.3 is 5.32 Å². The van der Waals surface area contributed by atoms with E-state index < -0.39 is 0 Å². The highest BCUT2D eigenvalue weighted by molar-refractivity contribution is 6.20. The molecule has 1 aliphatic carbocycles. The molecule has 0 aromatic rings. The maximum atomic E-state index is 6.13. The third-order valence-electron chi connectivity index (χ3n) is 3.92. The van der Waals surface area contributed by atoms with Crippen LogP contribution in [0.4, 0.5) is 0 Å². The van der Waals surface area contributed by atoms with Crippen molar-refractivity contribution in [3.8, 4) is 0 Å².